The summed E-state index contributed by atoms with van der Waals surface area (Å²) in [5, 5.41) is 5.93. The van der Waals surface area contributed by atoms with Gasteiger partial charge in [-0.15, -0.1) is 11.3 Å². The zero-order chi connectivity index (χ0) is 14.7. The maximum absolute atomic E-state index is 12.4. The Kier molecular flexibility index (Phi) is 4.03. The van der Waals surface area contributed by atoms with Crippen molar-refractivity contribution in [2.24, 2.45) is 5.73 Å². The molecular weight excluding hydrogens is 282 g/mol. The Morgan fingerprint density at radius 2 is 2.10 bits per heavy atom. The van der Waals surface area contributed by atoms with E-state index >= 15 is 0 Å². The van der Waals surface area contributed by atoms with E-state index in [0.717, 1.165) is 30.7 Å². The second kappa shape index (κ2) is 5.95. The number of hydrogen-bond donors (Lipinski definition) is 2. The van der Waals surface area contributed by atoms with Crippen LogP contribution in [0.3, 0.4) is 0 Å². The molecule has 21 heavy (non-hydrogen) atoms. The summed E-state index contributed by atoms with van der Waals surface area (Å²) >= 11 is 1.50. The number of thiazole rings is 1. The van der Waals surface area contributed by atoms with Crippen LogP contribution in [0.4, 0.5) is 0 Å². The molecule has 0 bridgehead atoms. The average molecular weight is 301 g/mol. The predicted molar refractivity (Wildman–Crippen MR) is 84.3 cm³/mol. The summed E-state index contributed by atoms with van der Waals surface area (Å²) in [5.74, 6) is -0.0851. The van der Waals surface area contributed by atoms with Crippen LogP contribution in [0, 0.1) is 0 Å². The second-order valence-corrected chi connectivity index (χ2v) is 6.36. The lowest BCUT2D eigenvalue weighted by Gasteiger charge is -2.43. The first-order valence-electron chi connectivity index (χ1n) is 7.26. The van der Waals surface area contributed by atoms with Crippen molar-refractivity contribution >= 4 is 17.2 Å². The van der Waals surface area contributed by atoms with E-state index in [0.29, 0.717) is 12.2 Å². The number of nitrogens with two attached hydrogens (primary N) is 1. The summed E-state index contributed by atoms with van der Waals surface area (Å²) < 4.78 is 0. The molecule has 1 amide bonds. The molecular formula is C16H19N3OS. The van der Waals surface area contributed by atoms with Crippen LogP contribution in [0.5, 0.6) is 0 Å². The summed E-state index contributed by atoms with van der Waals surface area (Å²) in [5.41, 5.74) is 7.00. The van der Waals surface area contributed by atoms with Gasteiger partial charge in [-0.05, 0) is 31.4 Å². The standard InChI is InChI=1S/C16H19N3OS/c17-10-7-14-18-13(11-21-14)15(20)19-16(8-4-9-16)12-5-2-1-3-6-12/h1-3,5-6,11H,4,7-10,17H2,(H,19,20). The largest absolute Gasteiger partial charge is 0.341 e. The molecule has 0 atom stereocenters. The van der Waals surface area contributed by atoms with E-state index in [4.69, 9.17) is 5.73 Å². The molecule has 0 aliphatic heterocycles. The Bertz CT molecular complexity index is 619. The molecule has 110 valence electrons. The van der Waals surface area contributed by atoms with Gasteiger partial charge in [0.2, 0.25) is 0 Å². The molecule has 0 spiro atoms. The molecule has 2 aromatic rings. The van der Waals surface area contributed by atoms with Gasteiger partial charge < -0.3 is 11.1 Å². The van der Waals surface area contributed by atoms with Crippen molar-refractivity contribution < 1.29 is 4.79 Å². The number of benzene rings is 1. The fraction of sp³-hybridized carbons (Fsp3) is 0.375. The van der Waals surface area contributed by atoms with E-state index in [1.54, 1.807) is 0 Å². The molecule has 5 heteroatoms. The highest BCUT2D eigenvalue weighted by atomic mass is 32.1. The normalized spacial score (nSPS) is 16.2. The van der Waals surface area contributed by atoms with Crippen molar-refractivity contribution in [2.45, 2.75) is 31.2 Å². The molecule has 1 aromatic carbocycles. The third kappa shape index (κ3) is 2.84. The van der Waals surface area contributed by atoms with Gasteiger partial charge in [0.25, 0.3) is 5.91 Å². The smallest absolute Gasteiger partial charge is 0.271 e. The van der Waals surface area contributed by atoms with Crippen LogP contribution in [0.2, 0.25) is 0 Å². The highest BCUT2D eigenvalue weighted by molar-refractivity contribution is 7.09. The van der Waals surface area contributed by atoms with Gasteiger partial charge in [0.15, 0.2) is 0 Å². The summed E-state index contributed by atoms with van der Waals surface area (Å²) in [6.07, 6.45) is 3.84. The van der Waals surface area contributed by atoms with Crippen molar-refractivity contribution in [3.63, 3.8) is 0 Å². The molecule has 1 fully saturated rings. The zero-order valence-electron chi connectivity index (χ0n) is 11.8. The molecule has 1 saturated carbocycles. The van der Waals surface area contributed by atoms with Crippen LogP contribution in [-0.4, -0.2) is 17.4 Å². The van der Waals surface area contributed by atoms with Crippen LogP contribution < -0.4 is 11.1 Å². The quantitative estimate of drug-likeness (QED) is 0.891. The molecule has 1 aliphatic carbocycles. The number of carbonyl (C=O) groups is 1. The Hall–Kier alpha value is -1.72. The van der Waals surface area contributed by atoms with Gasteiger partial charge in [-0.2, -0.15) is 0 Å². The number of hydrogen-bond acceptors (Lipinski definition) is 4. The zero-order valence-corrected chi connectivity index (χ0v) is 12.7. The van der Waals surface area contributed by atoms with E-state index in [2.05, 4.69) is 22.4 Å². The van der Waals surface area contributed by atoms with Crippen LogP contribution in [0.1, 0.15) is 40.3 Å². The Morgan fingerprint density at radius 1 is 1.33 bits per heavy atom. The van der Waals surface area contributed by atoms with Gasteiger partial charge >= 0.3 is 0 Å². The third-order valence-electron chi connectivity index (χ3n) is 4.03. The fourth-order valence-corrected chi connectivity index (χ4v) is 3.50. The summed E-state index contributed by atoms with van der Waals surface area (Å²) in [6, 6.07) is 10.2. The number of amides is 1. The first-order chi connectivity index (χ1) is 10.2. The molecule has 1 aliphatic rings. The monoisotopic (exact) mass is 301 g/mol. The van der Waals surface area contributed by atoms with Crippen LogP contribution in [0.25, 0.3) is 0 Å². The van der Waals surface area contributed by atoms with Gasteiger partial charge in [-0.1, -0.05) is 30.3 Å². The Labute approximate surface area is 128 Å². The average Bonchev–Trinajstić information content (AvgIpc) is 2.93. The molecule has 1 aromatic heterocycles. The highest BCUT2D eigenvalue weighted by Gasteiger charge is 2.40. The summed E-state index contributed by atoms with van der Waals surface area (Å²) in [6.45, 7) is 0.558. The SMILES string of the molecule is NCCc1nc(C(=O)NC2(c3ccccc3)CCC2)cs1. The summed E-state index contributed by atoms with van der Waals surface area (Å²) in [4.78, 5) is 16.8. The Morgan fingerprint density at radius 3 is 2.71 bits per heavy atom. The first-order valence-corrected chi connectivity index (χ1v) is 8.14. The molecule has 3 N–H and O–H groups in total. The lowest BCUT2D eigenvalue weighted by atomic mass is 9.71. The van der Waals surface area contributed by atoms with Crippen molar-refractivity contribution in [3.8, 4) is 0 Å². The third-order valence-corrected chi connectivity index (χ3v) is 4.94. The number of carbonyl (C=O) groups excluding carboxylic acids is 1. The van der Waals surface area contributed by atoms with Gasteiger partial charge in [-0.25, -0.2) is 4.98 Å². The van der Waals surface area contributed by atoms with Crippen LogP contribution in [-0.2, 0) is 12.0 Å². The molecule has 0 saturated heterocycles. The lowest BCUT2D eigenvalue weighted by molar-refractivity contribution is 0.0818. The Balaban J connectivity index is 1.76. The van der Waals surface area contributed by atoms with Gasteiger partial charge in [0, 0.05) is 11.8 Å². The minimum atomic E-state index is -0.212. The highest BCUT2D eigenvalue weighted by Crippen LogP contribution is 2.41. The maximum Gasteiger partial charge on any atom is 0.271 e. The molecule has 0 unspecified atom stereocenters. The molecule has 0 radical (unpaired) electrons. The van der Waals surface area contributed by atoms with E-state index in [1.807, 2.05) is 23.6 Å². The minimum absolute atomic E-state index is 0.0851. The number of nitrogens with one attached hydrogen (secondary N) is 1. The number of aromatic nitrogens is 1. The molecule has 3 rings (SSSR count). The lowest BCUT2D eigenvalue weighted by Crippen LogP contribution is -2.50. The van der Waals surface area contributed by atoms with Gasteiger partial charge in [-0.3, -0.25) is 4.79 Å². The predicted octanol–water partition coefficient (Wildman–Crippen LogP) is 2.45. The van der Waals surface area contributed by atoms with Crippen molar-refractivity contribution in [1.29, 1.82) is 0 Å². The molecule has 4 nitrogen and oxygen atoms in total. The van der Waals surface area contributed by atoms with Crippen molar-refractivity contribution in [3.05, 3.63) is 52.0 Å². The van der Waals surface area contributed by atoms with Gasteiger partial charge in [0.1, 0.15) is 5.69 Å². The van der Waals surface area contributed by atoms with Crippen LogP contribution >= 0.6 is 11.3 Å². The van der Waals surface area contributed by atoms with Crippen molar-refractivity contribution in [2.75, 3.05) is 6.54 Å². The van der Waals surface area contributed by atoms with Crippen LogP contribution in [0.15, 0.2) is 35.7 Å². The number of rotatable bonds is 5. The first kappa shape index (κ1) is 14.2. The maximum atomic E-state index is 12.4. The van der Waals surface area contributed by atoms with E-state index < -0.39 is 0 Å². The second-order valence-electron chi connectivity index (χ2n) is 5.42. The fourth-order valence-electron chi connectivity index (χ4n) is 2.71. The van der Waals surface area contributed by atoms with E-state index in [9.17, 15) is 4.79 Å². The minimum Gasteiger partial charge on any atom is -0.341 e. The topological polar surface area (TPSA) is 68.0 Å². The van der Waals surface area contributed by atoms with E-state index in [-0.39, 0.29) is 11.4 Å². The summed E-state index contributed by atoms with van der Waals surface area (Å²) in [7, 11) is 0. The van der Waals surface area contributed by atoms with Crippen molar-refractivity contribution in [1.82, 2.24) is 10.3 Å². The number of nitrogens with zero attached hydrogens (tertiary/aromatic N) is 1. The molecule has 1 heterocycles. The van der Waals surface area contributed by atoms with Gasteiger partial charge in [0.05, 0.1) is 10.5 Å². The van der Waals surface area contributed by atoms with E-state index in [1.165, 1.54) is 16.9 Å².